The summed E-state index contributed by atoms with van der Waals surface area (Å²) in [6.45, 7) is 2.04. The van der Waals surface area contributed by atoms with Gasteiger partial charge in [-0.25, -0.2) is 28.1 Å². The number of aliphatic hydroxyl groups is 1. The van der Waals surface area contributed by atoms with E-state index in [1.54, 1.807) is 30.6 Å². The average molecular weight is 402 g/mol. The Morgan fingerprint density at radius 2 is 1.89 bits per heavy atom. The standard InChI is InChI=1S/C18H22N6O3S/c1-13-20-12-17(24(13)2)16-8-10-19-18(23-16)22-14-4-6-15(7-5-14)28(26,27)21-9-3-11-25/h4-8,10,12,21,25H,3,9,11H2,1-2H3,(H,19,22,23). The number of aliphatic hydroxyl groups excluding tert-OH is 1. The molecule has 148 valence electrons. The van der Waals surface area contributed by atoms with Crippen LogP contribution in [0, 0.1) is 6.92 Å². The first-order valence-corrected chi connectivity index (χ1v) is 10.2. The molecule has 9 nitrogen and oxygen atoms in total. The Bertz CT molecular complexity index is 1050. The number of rotatable bonds is 8. The number of anilines is 2. The lowest BCUT2D eigenvalue weighted by molar-refractivity contribution is 0.289. The fraction of sp³-hybridized carbons (Fsp3) is 0.278. The van der Waals surface area contributed by atoms with E-state index in [4.69, 9.17) is 5.11 Å². The molecular formula is C18H22N6O3S. The van der Waals surface area contributed by atoms with Crippen LogP contribution in [-0.4, -0.2) is 46.2 Å². The lowest BCUT2D eigenvalue weighted by Gasteiger charge is -2.09. The second-order valence-electron chi connectivity index (χ2n) is 6.14. The summed E-state index contributed by atoms with van der Waals surface area (Å²) in [5.74, 6) is 1.28. The maximum absolute atomic E-state index is 12.2. The Labute approximate surface area is 163 Å². The minimum absolute atomic E-state index is 0.0666. The van der Waals surface area contributed by atoms with E-state index in [2.05, 4.69) is 25.0 Å². The van der Waals surface area contributed by atoms with Crippen molar-refractivity contribution in [1.82, 2.24) is 24.2 Å². The van der Waals surface area contributed by atoms with Crippen LogP contribution in [0.25, 0.3) is 11.4 Å². The summed E-state index contributed by atoms with van der Waals surface area (Å²) < 4.78 is 28.7. The van der Waals surface area contributed by atoms with E-state index in [0.717, 1.165) is 17.2 Å². The molecule has 0 amide bonds. The van der Waals surface area contributed by atoms with Gasteiger partial charge in [-0.15, -0.1) is 0 Å². The lowest BCUT2D eigenvalue weighted by atomic mass is 10.3. The maximum atomic E-state index is 12.2. The quantitative estimate of drug-likeness (QED) is 0.489. The van der Waals surface area contributed by atoms with Crippen LogP contribution < -0.4 is 10.0 Å². The monoisotopic (exact) mass is 402 g/mol. The van der Waals surface area contributed by atoms with Crippen molar-refractivity contribution >= 4 is 21.7 Å². The molecule has 0 saturated heterocycles. The molecule has 0 spiro atoms. The number of aromatic nitrogens is 4. The first-order valence-electron chi connectivity index (χ1n) is 8.70. The van der Waals surface area contributed by atoms with E-state index >= 15 is 0 Å². The molecule has 0 saturated carbocycles. The zero-order chi connectivity index (χ0) is 20.1. The number of imidazole rings is 1. The molecule has 28 heavy (non-hydrogen) atoms. The minimum atomic E-state index is -3.60. The van der Waals surface area contributed by atoms with E-state index in [0.29, 0.717) is 18.1 Å². The second kappa shape index (κ2) is 8.46. The normalized spacial score (nSPS) is 11.5. The SMILES string of the molecule is Cc1ncc(-c2ccnc(Nc3ccc(S(=O)(=O)NCCCO)cc3)n2)n1C. The van der Waals surface area contributed by atoms with E-state index in [-0.39, 0.29) is 18.0 Å². The van der Waals surface area contributed by atoms with Gasteiger partial charge in [0.1, 0.15) is 5.82 Å². The fourth-order valence-electron chi connectivity index (χ4n) is 2.52. The summed E-state index contributed by atoms with van der Waals surface area (Å²) in [5.41, 5.74) is 2.26. The van der Waals surface area contributed by atoms with E-state index in [1.807, 2.05) is 18.5 Å². The number of hydrogen-bond acceptors (Lipinski definition) is 7. The van der Waals surface area contributed by atoms with Crippen LogP contribution in [0.4, 0.5) is 11.6 Å². The Kier molecular flexibility index (Phi) is 6.02. The highest BCUT2D eigenvalue weighted by Crippen LogP contribution is 2.21. The van der Waals surface area contributed by atoms with E-state index in [9.17, 15) is 8.42 Å². The van der Waals surface area contributed by atoms with Gasteiger partial charge in [0.15, 0.2) is 0 Å². The molecule has 0 fully saturated rings. The predicted octanol–water partition coefficient (Wildman–Crippen LogP) is 1.59. The van der Waals surface area contributed by atoms with Gasteiger partial charge in [-0.05, 0) is 43.7 Å². The summed E-state index contributed by atoms with van der Waals surface area (Å²) >= 11 is 0. The average Bonchev–Trinajstić information content (AvgIpc) is 3.01. The number of benzene rings is 1. The van der Waals surface area contributed by atoms with Gasteiger partial charge in [-0.3, -0.25) is 0 Å². The van der Waals surface area contributed by atoms with Gasteiger partial charge < -0.3 is 15.0 Å². The molecule has 0 unspecified atom stereocenters. The van der Waals surface area contributed by atoms with Gasteiger partial charge in [0.05, 0.1) is 22.5 Å². The molecule has 3 aromatic rings. The van der Waals surface area contributed by atoms with Gasteiger partial charge in [-0.1, -0.05) is 0 Å². The minimum Gasteiger partial charge on any atom is -0.396 e. The van der Waals surface area contributed by atoms with Crippen molar-refractivity contribution in [1.29, 1.82) is 0 Å². The Balaban J connectivity index is 1.74. The molecule has 10 heteroatoms. The predicted molar refractivity (Wildman–Crippen MR) is 106 cm³/mol. The van der Waals surface area contributed by atoms with Crippen LogP contribution in [0.2, 0.25) is 0 Å². The maximum Gasteiger partial charge on any atom is 0.240 e. The Morgan fingerprint density at radius 1 is 1.14 bits per heavy atom. The molecule has 0 radical (unpaired) electrons. The molecule has 3 rings (SSSR count). The van der Waals surface area contributed by atoms with Crippen molar-refractivity contribution in [3.63, 3.8) is 0 Å². The van der Waals surface area contributed by atoms with Gasteiger partial charge in [0, 0.05) is 32.1 Å². The third kappa shape index (κ3) is 4.53. The molecule has 0 bridgehead atoms. The number of nitrogens with one attached hydrogen (secondary N) is 2. The van der Waals surface area contributed by atoms with Crippen molar-refractivity contribution in [3.05, 3.63) is 48.5 Å². The molecule has 0 aliphatic heterocycles. The van der Waals surface area contributed by atoms with Crippen molar-refractivity contribution in [2.24, 2.45) is 7.05 Å². The largest absolute Gasteiger partial charge is 0.396 e. The third-order valence-electron chi connectivity index (χ3n) is 4.19. The summed E-state index contributed by atoms with van der Waals surface area (Å²) in [4.78, 5) is 13.1. The molecule has 2 heterocycles. The van der Waals surface area contributed by atoms with E-state index < -0.39 is 10.0 Å². The van der Waals surface area contributed by atoms with Crippen molar-refractivity contribution in [2.75, 3.05) is 18.5 Å². The van der Waals surface area contributed by atoms with Gasteiger partial charge in [0.25, 0.3) is 0 Å². The zero-order valence-electron chi connectivity index (χ0n) is 15.6. The van der Waals surface area contributed by atoms with Crippen LogP contribution >= 0.6 is 0 Å². The van der Waals surface area contributed by atoms with Gasteiger partial charge >= 0.3 is 0 Å². The fourth-order valence-corrected chi connectivity index (χ4v) is 3.59. The summed E-state index contributed by atoms with van der Waals surface area (Å²) in [7, 11) is -1.68. The topological polar surface area (TPSA) is 122 Å². The number of sulfonamides is 1. The highest BCUT2D eigenvalue weighted by molar-refractivity contribution is 7.89. The highest BCUT2D eigenvalue weighted by Gasteiger charge is 2.13. The molecule has 0 aliphatic rings. The smallest absolute Gasteiger partial charge is 0.240 e. The number of nitrogens with zero attached hydrogens (tertiary/aromatic N) is 4. The molecule has 0 aliphatic carbocycles. The summed E-state index contributed by atoms with van der Waals surface area (Å²) in [5, 5.41) is 11.8. The van der Waals surface area contributed by atoms with Gasteiger partial charge in [0.2, 0.25) is 16.0 Å². The molecular weight excluding hydrogens is 380 g/mol. The third-order valence-corrected chi connectivity index (χ3v) is 5.66. The van der Waals surface area contributed by atoms with Crippen molar-refractivity contribution in [3.8, 4) is 11.4 Å². The van der Waals surface area contributed by atoms with Crippen molar-refractivity contribution < 1.29 is 13.5 Å². The van der Waals surface area contributed by atoms with Crippen LogP contribution in [0.15, 0.2) is 47.6 Å². The molecule has 2 aromatic heterocycles. The van der Waals surface area contributed by atoms with Crippen LogP contribution in [0.3, 0.4) is 0 Å². The molecule has 0 atom stereocenters. The zero-order valence-corrected chi connectivity index (χ0v) is 16.4. The van der Waals surface area contributed by atoms with Crippen LogP contribution in [-0.2, 0) is 17.1 Å². The van der Waals surface area contributed by atoms with E-state index in [1.165, 1.54) is 12.1 Å². The number of aryl methyl sites for hydroxylation is 1. The highest BCUT2D eigenvalue weighted by atomic mass is 32.2. The Hall–Kier alpha value is -2.82. The molecule has 1 aromatic carbocycles. The van der Waals surface area contributed by atoms with Gasteiger partial charge in [-0.2, -0.15) is 0 Å². The van der Waals surface area contributed by atoms with Crippen LogP contribution in [0.1, 0.15) is 12.2 Å². The summed E-state index contributed by atoms with van der Waals surface area (Å²) in [6, 6.07) is 8.08. The van der Waals surface area contributed by atoms with Crippen molar-refractivity contribution in [2.45, 2.75) is 18.2 Å². The molecule has 3 N–H and O–H groups in total. The number of hydrogen-bond donors (Lipinski definition) is 3. The summed E-state index contributed by atoms with van der Waals surface area (Å²) in [6.07, 6.45) is 3.77. The first kappa shape index (κ1) is 19.9. The lowest BCUT2D eigenvalue weighted by Crippen LogP contribution is -2.25. The first-order chi connectivity index (χ1) is 13.4. The second-order valence-corrected chi connectivity index (χ2v) is 7.91. The van der Waals surface area contributed by atoms with Crippen LogP contribution in [0.5, 0.6) is 0 Å². The Morgan fingerprint density at radius 3 is 2.54 bits per heavy atom.